The molecule has 136 valence electrons. The maximum absolute atomic E-state index is 13.3. The van der Waals surface area contributed by atoms with Crippen LogP contribution in [-0.2, 0) is 0 Å². The van der Waals surface area contributed by atoms with Crippen LogP contribution in [-0.4, -0.2) is 33.8 Å². The Hall–Kier alpha value is -3.41. The molecule has 6 heteroatoms. The molecule has 0 spiro atoms. The Bertz CT molecular complexity index is 1020. The first-order valence-corrected chi connectivity index (χ1v) is 8.99. The van der Waals surface area contributed by atoms with Gasteiger partial charge in [-0.25, -0.2) is 0 Å². The summed E-state index contributed by atoms with van der Waals surface area (Å²) in [6.45, 7) is 0.723. The molecule has 27 heavy (non-hydrogen) atoms. The number of allylic oxidation sites excluding steroid dienone is 1. The predicted octanol–water partition coefficient (Wildman–Crippen LogP) is 3.49. The molecule has 3 aromatic rings. The first-order valence-electron chi connectivity index (χ1n) is 8.99. The summed E-state index contributed by atoms with van der Waals surface area (Å²) in [4.78, 5) is 15.2. The van der Waals surface area contributed by atoms with Gasteiger partial charge in [0.25, 0.3) is 5.91 Å². The molecule has 0 radical (unpaired) electrons. The lowest BCUT2D eigenvalue weighted by molar-refractivity contribution is 0.0731. The molecule has 1 atom stereocenters. The van der Waals surface area contributed by atoms with Crippen molar-refractivity contribution in [1.29, 1.82) is 5.41 Å². The van der Waals surface area contributed by atoms with Gasteiger partial charge in [0.1, 0.15) is 0 Å². The number of aromatic amines is 1. The topological polar surface area (TPSA) is 98.9 Å². The van der Waals surface area contributed by atoms with Crippen LogP contribution in [0.5, 0.6) is 0 Å². The Morgan fingerprint density at radius 1 is 1.26 bits per heavy atom. The van der Waals surface area contributed by atoms with Crippen molar-refractivity contribution in [2.24, 2.45) is 5.73 Å². The molecule has 0 bridgehead atoms. The summed E-state index contributed by atoms with van der Waals surface area (Å²) in [5.74, 6) is -0.0714. The van der Waals surface area contributed by atoms with E-state index < -0.39 is 0 Å². The van der Waals surface area contributed by atoms with Gasteiger partial charge in [-0.05, 0) is 36.1 Å². The van der Waals surface area contributed by atoms with Crippen LogP contribution >= 0.6 is 0 Å². The summed E-state index contributed by atoms with van der Waals surface area (Å²) >= 11 is 0. The van der Waals surface area contributed by atoms with Crippen LogP contribution in [0.3, 0.4) is 0 Å². The molecule has 0 saturated carbocycles. The Morgan fingerprint density at radius 2 is 2.07 bits per heavy atom. The quantitative estimate of drug-likeness (QED) is 0.622. The molecule has 2 aromatic carbocycles. The van der Waals surface area contributed by atoms with E-state index in [0.29, 0.717) is 11.3 Å². The summed E-state index contributed by atoms with van der Waals surface area (Å²) in [5, 5.41) is 15.5. The van der Waals surface area contributed by atoms with Gasteiger partial charge in [-0.15, -0.1) is 0 Å². The minimum atomic E-state index is -0.0714. The Labute approximate surface area is 157 Å². The van der Waals surface area contributed by atoms with E-state index in [1.165, 1.54) is 12.4 Å². The van der Waals surface area contributed by atoms with E-state index in [9.17, 15) is 4.79 Å². The maximum Gasteiger partial charge on any atom is 0.275 e. The average molecular weight is 359 g/mol. The Morgan fingerprint density at radius 3 is 2.81 bits per heavy atom. The molecular formula is C21H21N5O. The van der Waals surface area contributed by atoms with Crippen molar-refractivity contribution in [3.05, 3.63) is 71.6 Å². The summed E-state index contributed by atoms with van der Waals surface area (Å²) in [6, 6.07) is 15.8. The van der Waals surface area contributed by atoms with E-state index >= 15 is 0 Å². The Balaban J connectivity index is 1.72. The Kier molecular flexibility index (Phi) is 4.46. The van der Waals surface area contributed by atoms with Crippen molar-refractivity contribution < 1.29 is 4.79 Å². The third-order valence-electron chi connectivity index (χ3n) is 5.13. The second-order valence-electron chi connectivity index (χ2n) is 6.67. The number of benzene rings is 2. The second-order valence-corrected chi connectivity index (χ2v) is 6.67. The first-order chi connectivity index (χ1) is 13.2. The number of amides is 1. The van der Waals surface area contributed by atoms with Crippen molar-refractivity contribution in [3.63, 3.8) is 0 Å². The molecule has 1 aromatic heterocycles. The number of rotatable bonds is 4. The second kappa shape index (κ2) is 7.07. The van der Waals surface area contributed by atoms with Gasteiger partial charge in [0.15, 0.2) is 5.69 Å². The van der Waals surface area contributed by atoms with Crippen molar-refractivity contribution in [1.82, 2.24) is 15.1 Å². The van der Waals surface area contributed by atoms with E-state index in [4.69, 9.17) is 11.1 Å². The highest BCUT2D eigenvalue weighted by molar-refractivity contribution is 6.11. The zero-order valence-electron chi connectivity index (χ0n) is 14.9. The third-order valence-corrected chi connectivity index (χ3v) is 5.13. The van der Waals surface area contributed by atoms with Gasteiger partial charge in [-0.2, -0.15) is 5.10 Å². The number of H-pyrrole nitrogens is 1. The number of hydrogen-bond acceptors (Lipinski definition) is 4. The van der Waals surface area contributed by atoms with Crippen LogP contribution < -0.4 is 5.73 Å². The van der Waals surface area contributed by atoms with Gasteiger partial charge in [0, 0.05) is 29.9 Å². The molecule has 4 N–H and O–H groups in total. The molecule has 1 aliphatic rings. The minimum absolute atomic E-state index is 0.0714. The van der Waals surface area contributed by atoms with Crippen molar-refractivity contribution in [2.45, 2.75) is 18.9 Å². The van der Waals surface area contributed by atoms with E-state index in [1.807, 2.05) is 41.3 Å². The fourth-order valence-corrected chi connectivity index (χ4v) is 3.75. The molecule has 1 saturated heterocycles. The highest BCUT2D eigenvalue weighted by atomic mass is 16.2. The first kappa shape index (κ1) is 17.0. The van der Waals surface area contributed by atoms with Gasteiger partial charge >= 0.3 is 0 Å². The summed E-state index contributed by atoms with van der Waals surface area (Å²) < 4.78 is 0. The smallest absolute Gasteiger partial charge is 0.275 e. The lowest BCUT2D eigenvalue weighted by atomic mass is 10.0. The molecule has 1 unspecified atom stereocenters. The number of nitrogens with one attached hydrogen (secondary N) is 2. The third kappa shape index (κ3) is 2.99. The summed E-state index contributed by atoms with van der Waals surface area (Å²) in [6.07, 6.45) is 4.53. The molecule has 2 heterocycles. The normalized spacial score (nSPS) is 17.4. The largest absolute Gasteiger partial charge is 0.404 e. The monoisotopic (exact) mass is 359 g/mol. The molecule has 6 nitrogen and oxygen atoms in total. The van der Waals surface area contributed by atoms with Crippen LogP contribution in [0.15, 0.2) is 54.7 Å². The number of likely N-dealkylation sites (tertiary alicyclic amines) is 1. The summed E-state index contributed by atoms with van der Waals surface area (Å²) in [5.41, 5.74) is 9.35. The van der Waals surface area contributed by atoms with E-state index in [0.717, 1.165) is 41.4 Å². The SMILES string of the molecule is N=C/C(=C\N)c1ccc2[nH]nc(C(=O)N3CCCC3c3ccccc3)c2c1. The van der Waals surface area contributed by atoms with Gasteiger partial charge < -0.3 is 16.0 Å². The molecule has 1 amide bonds. The van der Waals surface area contributed by atoms with E-state index in [-0.39, 0.29) is 11.9 Å². The van der Waals surface area contributed by atoms with Gasteiger partial charge in [-0.3, -0.25) is 9.89 Å². The van der Waals surface area contributed by atoms with E-state index in [2.05, 4.69) is 22.3 Å². The minimum Gasteiger partial charge on any atom is -0.404 e. The average Bonchev–Trinajstić information content (AvgIpc) is 3.36. The number of nitrogens with zero attached hydrogens (tertiary/aromatic N) is 2. The fourth-order valence-electron chi connectivity index (χ4n) is 3.75. The van der Waals surface area contributed by atoms with Gasteiger partial charge in [-0.1, -0.05) is 36.4 Å². The fraction of sp³-hybridized carbons (Fsp3) is 0.190. The zero-order chi connectivity index (χ0) is 18.8. The number of carbonyl (C=O) groups excluding carboxylic acids is 1. The zero-order valence-corrected chi connectivity index (χ0v) is 14.9. The highest BCUT2D eigenvalue weighted by Gasteiger charge is 2.32. The van der Waals surface area contributed by atoms with Gasteiger partial charge in [0.05, 0.1) is 11.6 Å². The van der Waals surface area contributed by atoms with Crippen LogP contribution in [0.25, 0.3) is 16.5 Å². The number of aromatic nitrogens is 2. The number of carbonyl (C=O) groups is 1. The van der Waals surface area contributed by atoms with Crippen LogP contribution in [0, 0.1) is 5.41 Å². The molecule has 1 fully saturated rings. The number of nitrogens with two attached hydrogens (primary N) is 1. The number of fused-ring (bicyclic) bond motifs is 1. The standard InChI is InChI=1S/C21H21N5O/c22-12-16(13-23)15-8-9-18-17(11-15)20(25-24-18)21(27)26-10-4-7-19(26)14-5-2-1-3-6-14/h1-3,5-6,8-9,11-13,19,22H,4,7,10,23H2,(H,24,25)/b16-13+,22-12?. The van der Waals surface area contributed by atoms with E-state index in [1.54, 1.807) is 0 Å². The lowest BCUT2D eigenvalue weighted by Crippen LogP contribution is -2.31. The van der Waals surface area contributed by atoms with Crippen LogP contribution in [0.1, 0.15) is 40.5 Å². The molecule has 1 aliphatic heterocycles. The lowest BCUT2D eigenvalue weighted by Gasteiger charge is -2.24. The number of hydrogen-bond donors (Lipinski definition) is 3. The van der Waals surface area contributed by atoms with Gasteiger partial charge in [0.2, 0.25) is 0 Å². The molecular weight excluding hydrogens is 338 g/mol. The summed E-state index contributed by atoms with van der Waals surface area (Å²) in [7, 11) is 0. The predicted molar refractivity (Wildman–Crippen MR) is 106 cm³/mol. The van der Waals surface area contributed by atoms with Crippen molar-refractivity contribution in [2.75, 3.05) is 6.54 Å². The van der Waals surface area contributed by atoms with Crippen molar-refractivity contribution in [3.8, 4) is 0 Å². The molecule has 4 rings (SSSR count). The maximum atomic E-state index is 13.3. The van der Waals surface area contributed by atoms with Crippen molar-refractivity contribution >= 4 is 28.6 Å². The van der Waals surface area contributed by atoms with Crippen LogP contribution in [0.2, 0.25) is 0 Å². The van der Waals surface area contributed by atoms with Crippen LogP contribution in [0.4, 0.5) is 0 Å². The highest BCUT2D eigenvalue weighted by Crippen LogP contribution is 2.34. The molecule has 0 aliphatic carbocycles.